The molecule has 0 atom stereocenters. The van der Waals surface area contributed by atoms with E-state index < -0.39 is 5.97 Å². The number of esters is 1. The molecule has 0 radical (unpaired) electrons. The quantitative estimate of drug-likeness (QED) is 0.544. The van der Waals surface area contributed by atoms with Crippen molar-refractivity contribution in [3.63, 3.8) is 0 Å². The summed E-state index contributed by atoms with van der Waals surface area (Å²) in [5.41, 5.74) is 3.70. The van der Waals surface area contributed by atoms with Crippen molar-refractivity contribution >= 4 is 27.8 Å². The summed E-state index contributed by atoms with van der Waals surface area (Å²) in [5.74, 6) is -0.0770. The number of benzene rings is 2. The van der Waals surface area contributed by atoms with Crippen LogP contribution < -0.4 is 5.56 Å². The van der Waals surface area contributed by atoms with Gasteiger partial charge in [0.2, 0.25) is 0 Å². The molecule has 0 saturated carbocycles. The molecule has 0 saturated heterocycles. The Hall–Kier alpha value is -3.54. The highest BCUT2D eigenvalue weighted by Gasteiger charge is 2.23. The van der Waals surface area contributed by atoms with E-state index in [1.807, 2.05) is 30.3 Å². The smallest absolute Gasteiger partial charge is 0.339 e. The van der Waals surface area contributed by atoms with Gasteiger partial charge in [0.05, 0.1) is 22.0 Å². The van der Waals surface area contributed by atoms with Crippen LogP contribution in [-0.2, 0) is 24.2 Å². The van der Waals surface area contributed by atoms with Crippen LogP contribution in [0.2, 0.25) is 0 Å². The zero-order valence-corrected chi connectivity index (χ0v) is 15.8. The van der Waals surface area contributed by atoms with Gasteiger partial charge in [0.25, 0.3) is 5.56 Å². The molecule has 1 aliphatic rings. The Balaban J connectivity index is 1.50. The van der Waals surface area contributed by atoms with Crippen LogP contribution in [0.5, 0.6) is 0 Å². The number of rotatable bonds is 3. The topological polar surface area (TPSA) is 84.9 Å². The summed E-state index contributed by atoms with van der Waals surface area (Å²) >= 11 is 0. The fraction of sp³-hybridized carbons (Fsp3) is 0.217. The van der Waals surface area contributed by atoms with E-state index >= 15 is 0 Å². The van der Waals surface area contributed by atoms with E-state index in [1.165, 1.54) is 0 Å². The van der Waals surface area contributed by atoms with Crippen LogP contribution in [0.15, 0.2) is 53.3 Å². The zero-order valence-electron chi connectivity index (χ0n) is 15.8. The maximum absolute atomic E-state index is 13.1. The van der Waals surface area contributed by atoms with Gasteiger partial charge in [-0.1, -0.05) is 30.3 Å². The predicted molar refractivity (Wildman–Crippen MR) is 110 cm³/mol. The average molecular weight is 385 g/mol. The minimum atomic E-state index is -0.405. The SMILES string of the molecule is O=C(OCc1nc2ccccc2c(=O)[nH]1)c1c2c(nc3ccccc13)CCCC2. The number of aryl methyl sites for hydroxylation is 1. The molecule has 29 heavy (non-hydrogen) atoms. The van der Waals surface area contributed by atoms with Crippen molar-refractivity contribution in [1.82, 2.24) is 15.0 Å². The molecule has 6 nitrogen and oxygen atoms in total. The highest BCUT2D eigenvalue weighted by molar-refractivity contribution is 6.05. The van der Waals surface area contributed by atoms with Crippen LogP contribution in [0, 0.1) is 0 Å². The molecule has 144 valence electrons. The first-order valence-electron chi connectivity index (χ1n) is 9.76. The molecule has 0 amide bonds. The van der Waals surface area contributed by atoms with Gasteiger partial charge in [0, 0.05) is 11.1 Å². The van der Waals surface area contributed by atoms with Crippen LogP contribution in [0.1, 0.15) is 40.3 Å². The van der Waals surface area contributed by atoms with E-state index in [4.69, 9.17) is 9.72 Å². The van der Waals surface area contributed by atoms with E-state index in [-0.39, 0.29) is 12.2 Å². The third kappa shape index (κ3) is 3.16. The van der Waals surface area contributed by atoms with Crippen LogP contribution in [0.3, 0.4) is 0 Å². The Labute approximate surface area is 166 Å². The third-order valence-corrected chi connectivity index (χ3v) is 5.38. The molecule has 2 aromatic carbocycles. The van der Waals surface area contributed by atoms with E-state index in [1.54, 1.807) is 18.2 Å². The Bertz CT molecular complexity index is 1310. The Morgan fingerprint density at radius 3 is 2.45 bits per heavy atom. The molecule has 0 unspecified atom stereocenters. The number of hydrogen-bond donors (Lipinski definition) is 1. The van der Waals surface area contributed by atoms with Crippen LogP contribution in [0.4, 0.5) is 0 Å². The number of fused-ring (bicyclic) bond motifs is 3. The molecule has 6 heteroatoms. The normalized spacial score (nSPS) is 13.4. The second-order valence-corrected chi connectivity index (χ2v) is 7.24. The van der Waals surface area contributed by atoms with Crippen LogP contribution >= 0.6 is 0 Å². The highest BCUT2D eigenvalue weighted by atomic mass is 16.5. The van der Waals surface area contributed by atoms with Gasteiger partial charge in [-0.2, -0.15) is 0 Å². The molecule has 0 bridgehead atoms. The second-order valence-electron chi connectivity index (χ2n) is 7.24. The lowest BCUT2D eigenvalue weighted by atomic mass is 9.90. The lowest BCUT2D eigenvalue weighted by Crippen LogP contribution is -2.17. The van der Waals surface area contributed by atoms with Gasteiger partial charge < -0.3 is 9.72 Å². The number of aromatic amines is 1. The number of carbonyl (C=O) groups excluding carboxylic acids is 1. The fourth-order valence-electron chi connectivity index (χ4n) is 4.02. The summed E-state index contributed by atoms with van der Waals surface area (Å²) in [7, 11) is 0. The van der Waals surface area contributed by atoms with Gasteiger partial charge in [-0.05, 0) is 49.4 Å². The number of nitrogens with zero attached hydrogens (tertiary/aromatic N) is 2. The van der Waals surface area contributed by atoms with Crippen molar-refractivity contribution in [1.29, 1.82) is 0 Å². The van der Waals surface area contributed by atoms with Crippen molar-refractivity contribution < 1.29 is 9.53 Å². The maximum atomic E-state index is 13.1. The number of H-pyrrole nitrogens is 1. The lowest BCUT2D eigenvalue weighted by molar-refractivity contribution is 0.0463. The first-order valence-corrected chi connectivity index (χ1v) is 9.76. The number of aromatic nitrogens is 3. The lowest BCUT2D eigenvalue weighted by Gasteiger charge is -2.19. The van der Waals surface area contributed by atoms with Gasteiger partial charge in [0.15, 0.2) is 0 Å². The number of para-hydroxylation sites is 2. The molecule has 0 fully saturated rings. The van der Waals surface area contributed by atoms with Gasteiger partial charge in [-0.3, -0.25) is 9.78 Å². The summed E-state index contributed by atoms with van der Waals surface area (Å²) in [6.07, 6.45) is 3.81. The molecular formula is C23H19N3O3. The van der Waals surface area contributed by atoms with E-state index in [2.05, 4.69) is 9.97 Å². The number of carbonyl (C=O) groups is 1. The first kappa shape index (κ1) is 17.6. The van der Waals surface area contributed by atoms with Crippen molar-refractivity contribution in [3.05, 3.63) is 81.5 Å². The molecule has 5 rings (SSSR count). The van der Waals surface area contributed by atoms with Gasteiger partial charge in [-0.15, -0.1) is 0 Å². The molecular weight excluding hydrogens is 366 g/mol. The molecule has 1 aliphatic carbocycles. The van der Waals surface area contributed by atoms with Crippen molar-refractivity contribution in [3.8, 4) is 0 Å². The van der Waals surface area contributed by atoms with Crippen molar-refractivity contribution in [2.24, 2.45) is 0 Å². The summed E-state index contributed by atoms with van der Waals surface area (Å²) in [6.45, 7) is -0.0929. The predicted octanol–water partition coefficient (Wildman–Crippen LogP) is 3.71. The number of ether oxygens (including phenoxy) is 1. The summed E-state index contributed by atoms with van der Waals surface area (Å²) < 4.78 is 5.59. The Morgan fingerprint density at radius 2 is 1.62 bits per heavy atom. The van der Waals surface area contributed by atoms with E-state index in [0.717, 1.165) is 47.8 Å². The van der Waals surface area contributed by atoms with Gasteiger partial charge in [0.1, 0.15) is 12.4 Å². The van der Waals surface area contributed by atoms with Crippen LogP contribution in [-0.4, -0.2) is 20.9 Å². The number of hydrogen-bond acceptors (Lipinski definition) is 5. The minimum absolute atomic E-state index is 0.0929. The van der Waals surface area contributed by atoms with E-state index in [0.29, 0.717) is 22.3 Å². The van der Waals surface area contributed by atoms with Crippen molar-refractivity contribution in [2.45, 2.75) is 32.3 Å². The summed E-state index contributed by atoms with van der Waals surface area (Å²) in [4.78, 5) is 37.2. The third-order valence-electron chi connectivity index (χ3n) is 5.38. The highest BCUT2D eigenvalue weighted by Crippen LogP contribution is 2.29. The number of nitrogens with one attached hydrogen (secondary N) is 1. The summed E-state index contributed by atoms with van der Waals surface area (Å²) in [5, 5.41) is 1.31. The average Bonchev–Trinajstić information content (AvgIpc) is 2.76. The minimum Gasteiger partial charge on any atom is -0.454 e. The first-order chi connectivity index (χ1) is 14.2. The molecule has 1 N–H and O–H groups in total. The Morgan fingerprint density at radius 1 is 0.931 bits per heavy atom. The largest absolute Gasteiger partial charge is 0.454 e. The van der Waals surface area contributed by atoms with Crippen LogP contribution in [0.25, 0.3) is 21.8 Å². The zero-order chi connectivity index (χ0) is 19.8. The molecule has 2 heterocycles. The molecule has 4 aromatic rings. The summed E-state index contributed by atoms with van der Waals surface area (Å²) in [6, 6.07) is 14.7. The Kier molecular flexibility index (Phi) is 4.31. The fourth-order valence-corrected chi connectivity index (χ4v) is 4.02. The second kappa shape index (κ2) is 7.13. The molecule has 0 aliphatic heterocycles. The van der Waals surface area contributed by atoms with Crippen molar-refractivity contribution in [2.75, 3.05) is 0 Å². The van der Waals surface area contributed by atoms with E-state index in [9.17, 15) is 9.59 Å². The maximum Gasteiger partial charge on any atom is 0.339 e. The standard InChI is InChI=1S/C23H19N3O3/c27-22-16-9-3-6-12-19(16)25-20(26-22)13-29-23(28)21-14-7-1-4-10-17(14)24-18-11-5-2-8-15(18)21/h1,3-4,6-7,9-10,12H,2,5,8,11,13H2,(H,25,26,27). The monoisotopic (exact) mass is 385 g/mol. The number of pyridine rings is 1. The van der Waals surface area contributed by atoms with Gasteiger partial charge >= 0.3 is 5.97 Å². The molecule has 0 spiro atoms. The van der Waals surface area contributed by atoms with Gasteiger partial charge in [-0.25, -0.2) is 9.78 Å². The molecule has 2 aromatic heterocycles.